The maximum absolute atomic E-state index is 10.8. The Labute approximate surface area is 150 Å². The van der Waals surface area contributed by atoms with Gasteiger partial charge >= 0.3 is 0 Å². The monoisotopic (exact) mass is 355 g/mol. The number of hydrogen-bond donors (Lipinski definition) is 1. The molecule has 0 aliphatic carbocycles. The van der Waals surface area contributed by atoms with Crippen LogP contribution in [0.4, 0.5) is 5.69 Å². The van der Waals surface area contributed by atoms with Crippen LogP contribution in [0.3, 0.4) is 0 Å². The first-order chi connectivity index (χ1) is 12.3. The molecule has 130 valence electrons. The summed E-state index contributed by atoms with van der Waals surface area (Å²) < 4.78 is 6.59. The summed E-state index contributed by atoms with van der Waals surface area (Å²) in [5.41, 5.74) is 4.97. The molecule has 3 aromatic rings. The van der Waals surface area contributed by atoms with Gasteiger partial charge in [-0.05, 0) is 43.0 Å². The highest BCUT2D eigenvalue weighted by molar-refractivity contribution is 7.16. The van der Waals surface area contributed by atoms with Crippen molar-refractivity contribution in [2.45, 2.75) is 18.9 Å². The molecule has 1 fully saturated rings. The Bertz CT molecular complexity index is 859. The average Bonchev–Trinajstić information content (AvgIpc) is 3.15. The topological polar surface area (TPSA) is 58.5 Å². The molecule has 0 amide bonds. The smallest absolute Gasteiger partial charge is 0.127 e. The molecule has 1 aliphatic rings. The molecule has 1 atom stereocenters. The molecule has 0 saturated carbocycles. The minimum absolute atomic E-state index is 0.224. The molecule has 1 unspecified atom stereocenters. The maximum atomic E-state index is 10.8. The van der Waals surface area contributed by atoms with Crippen molar-refractivity contribution in [1.29, 1.82) is 0 Å². The first-order valence-electron chi connectivity index (χ1n) is 8.50. The van der Waals surface area contributed by atoms with Gasteiger partial charge in [-0.15, -0.1) is 11.3 Å². The van der Waals surface area contributed by atoms with Crippen LogP contribution in [-0.4, -0.2) is 35.3 Å². The highest BCUT2D eigenvalue weighted by Crippen LogP contribution is 2.36. The molecular formula is C19H21N3O2S. The lowest BCUT2D eigenvalue weighted by Crippen LogP contribution is -2.35. The van der Waals surface area contributed by atoms with Gasteiger partial charge in [0.2, 0.25) is 0 Å². The normalized spacial score (nSPS) is 17.0. The highest BCUT2D eigenvalue weighted by Gasteiger charge is 2.28. The summed E-state index contributed by atoms with van der Waals surface area (Å²) in [5.74, 6) is 0.932. The van der Waals surface area contributed by atoms with Crippen molar-refractivity contribution in [3.05, 3.63) is 47.7 Å². The number of nitrogens with zero attached hydrogens (tertiary/aromatic N) is 3. The van der Waals surface area contributed by atoms with Gasteiger partial charge < -0.3 is 14.7 Å². The van der Waals surface area contributed by atoms with E-state index in [0.717, 1.165) is 37.0 Å². The summed E-state index contributed by atoms with van der Waals surface area (Å²) >= 11 is 1.67. The average molecular weight is 355 g/mol. The molecule has 1 aliphatic heterocycles. The van der Waals surface area contributed by atoms with Crippen molar-refractivity contribution in [2.75, 3.05) is 25.1 Å². The molecule has 5 nitrogen and oxygen atoms in total. The first-order valence-corrected chi connectivity index (χ1v) is 9.38. The van der Waals surface area contributed by atoms with Crippen LogP contribution < -0.4 is 9.64 Å². The zero-order valence-electron chi connectivity index (χ0n) is 14.1. The number of hydrogen-bond acceptors (Lipinski definition) is 6. The number of rotatable bonds is 4. The van der Waals surface area contributed by atoms with Crippen LogP contribution in [0.2, 0.25) is 0 Å². The van der Waals surface area contributed by atoms with Gasteiger partial charge in [-0.2, -0.15) is 0 Å². The van der Waals surface area contributed by atoms with E-state index in [0.29, 0.717) is 5.75 Å². The molecule has 3 heterocycles. The van der Waals surface area contributed by atoms with E-state index >= 15 is 0 Å². The molecule has 6 heteroatoms. The minimum atomic E-state index is -0.533. The zero-order valence-corrected chi connectivity index (χ0v) is 14.9. The van der Waals surface area contributed by atoms with E-state index in [4.69, 9.17) is 4.74 Å². The Morgan fingerprint density at radius 2 is 2.12 bits per heavy atom. The van der Waals surface area contributed by atoms with E-state index in [1.165, 1.54) is 10.4 Å². The lowest BCUT2D eigenvalue weighted by molar-refractivity contribution is 0.0901. The number of piperidine rings is 1. The number of thiazole rings is 1. The Balaban J connectivity index is 1.45. The molecule has 1 N–H and O–H groups in total. The number of pyridine rings is 1. The second-order valence-electron chi connectivity index (χ2n) is 6.39. The maximum Gasteiger partial charge on any atom is 0.127 e. The lowest BCUT2D eigenvalue weighted by atomic mass is 9.87. The van der Waals surface area contributed by atoms with Crippen LogP contribution in [0.25, 0.3) is 10.2 Å². The standard InChI is InChI=1S/C19H21N3O2S/c1-24-17-4-7-20-11-15(17)19(23)13-5-8-22(9-6-13)14-2-3-16-18(10-14)25-12-21-16/h2-4,7,10-13,19,23H,5-6,8-9H2,1H3. The summed E-state index contributed by atoms with van der Waals surface area (Å²) in [7, 11) is 1.63. The van der Waals surface area contributed by atoms with Gasteiger partial charge in [-0.25, -0.2) is 4.98 Å². The largest absolute Gasteiger partial charge is 0.496 e. The molecule has 0 radical (unpaired) electrons. The van der Waals surface area contributed by atoms with Crippen molar-refractivity contribution in [3.63, 3.8) is 0 Å². The Kier molecular flexibility index (Phi) is 4.55. The summed E-state index contributed by atoms with van der Waals surface area (Å²) in [6.07, 6.45) is 4.76. The third-order valence-electron chi connectivity index (χ3n) is 5.01. The van der Waals surface area contributed by atoms with Crippen LogP contribution in [0.1, 0.15) is 24.5 Å². The van der Waals surface area contributed by atoms with Crippen molar-refractivity contribution < 1.29 is 9.84 Å². The van der Waals surface area contributed by atoms with Crippen LogP contribution >= 0.6 is 11.3 Å². The van der Waals surface area contributed by atoms with Gasteiger partial charge in [0.15, 0.2) is 0 Å². The molecule has 2 aromatic heterocycles. The van der Waals surface area contributed by atoms with Crippen LogP contribution in [0.5, 0.6) is 5.75 Å². The Morgan fingerprint density at radius 3 is 2.92 bits per heavy atom. The van der Waals surface area contributed by atoms with Crippen molar-refractivity contribution in [3.8, 4) is 5.75 Å². The van der Waals surface area contributed by atoms with Gasteiger partial charge in [0.25, 0.3) is 0 Å². The summed E-state index contributed by atoms with van der Waals surface area (Å²) in [5, 5.41) is 10.8. The fraction of sp³-hybridized carbons (Fsp3) is 0.368. The second-order valence-corrected chi connectivity index (χ2v) is 7.28. The number of aromatic nitrogens is 2. The number of ether oxygens (including phenoxy) is 1. The van der Waals surface area contributed by atoms with E-state index in [1.807, 2.05) is 5.51 Å². The molecule has 1 saturated heterocycles. The third kappa shape index (κ3) is 3.19. The number of aliphatic hydroxyl groups excluding tert-OH is 1. The zero-order chi connectivity index (χ0) is 17.2. The van der Waals surface area contributed by atoms with Crippen molar-refractivity contribution in [1.82, 2.24) is 9.97 Å². The van der Waals surface area contributed by atoms with E-state index < -0.39 is 6.10 Å². The number of benzene rings is 1. The molecule has 0 bridgehead atoms. The predicted molar refractivity (Wildman–Crippen MR) is 100 cm³/mol. The summed E-state index contributed by atoms with van der Waals surface area (Å²) in [6, 6.07) is 8.25. The molecule has 1 aromatic carbocycles. The summed E-state index contributed by atoms with van der Waals surface area (Å²) in [4.78, 5) is 10.9. The number of methoxy groups -OCH3 is 1. The quantitative estimate of drug-likeness (QED) is 0.774. The SMILES string of the molecule is COc1ccncc1C(O)C1CCN(c2ccc3ncsc3c2)CC1. The van der Waals surface area contributed by atoms with E-state index in [-0.39, 0.29) is 5.92 Å². The third-order valence-corrected chi connectivity index (χ3v) is 5.81. The molecule has 25 heavy (non-hydrogen) atoms. The van der Waals surface area contributed by atoms with Crippen molar-refractivity contribution >= 4 is 27.2 Å². The van der Waals surface area contributed by atoms with E-state index in [9.17, 15) is 5.11 Å². The van der Waals surface area contributed by atoms with Gasteiger partial charge in [0.1, 0.15) is 5.75 Å². The van der Waals surface area contributed by atoms with Gasteiger partial charge in [-0.1, -0.05) is 0 Å². The molecular weight excluding hydrogens is 334 g/mol. The van der Waals surface area contributed by atoms with Gasteiger partial charge in [0, 0.05) is 36.7 Å². The predicted octanol–water partition coefficient (Wildman–Crippen LogP) is 3.65. The van der Waals surface area contributed by atoms with Crippen LogP contribution in [0.15, 0.2) is 42.2 Å². The van der Waals surface area contributed by atoms with Gasteiger partial charge in [-0.3, -0.25) is 4.98 Å². The first kappa shape index (κ1) is 16.3. The summed E-state index contributed by atoms with van der Waals surface area (Å²) in [6.45, 7) is 1.88. The number of anilines is 1. The lowest BCUT2D eigenvalue weighted by Gasteiger charge is -2.35. The fourth-order valence-electron chi connectivity index (χ4n) is 3.57. The van der Waals surface area contributed by atoms with E-state index in [1.54, 1.807) is 36.9 Å². The van der Waals surface area contributed by atoms with Gasteiger partial charge in [0.05, 0.1) is 28.9 Å². The van der Waals surface area contributed by atoms with E-state index in [2.05, 4.69) is 33.1 Å². The minimum Gasteiger partial charge on any atom is -0.496 e. The Morgan fingerprint density at radius 1 is 1.28 bits per heavy atom. The highest BCUT2D eigenvalue weighted by atomic mass is 32.1. The number of fused-ring (bicyclic) bond motifs is 1. The molecule has 4 rings (SSSR count). The second kappa shape index (κ2) is 6.98. The van der Waals surface area contributed by atoms with Crippen molar-refractivity contribution in [2.24, 2.45) is 5.92 Å². The number of aliphatic hydroxyl groups is 1. The fourth-order valence-corrected chi connectivity index (χ4v) is 4.28. The van der Waals surface area contributed by atoms with Crippen LogP contribution in [-0.2, 0) is 0 Å². The molecule has 0 spiro atoms. The van der Waals surface area contributed by atoms with Crippen LogP contribution in [0, 0.1) is 5.92 Å². The Hall–Kier alpha value is -2.18.